The van der Waals surface area contributed by atoms with Crippen molar-refractivity contribution in [3.8, 4) is 0 Å². The Labute approximate surface area is 59.6 Å². The van der Waals surface area contributed by atoms with Crippen molar-refractivity contribution in [2.75, 3.05) is 0 Å². The van der Waals surface area contributed by atoms with Gasteiger partial charge in [0.15, 0.2) is 0 Å². The molecule has 0 amide bonds. The highest BCUT2D eigenvalue weighted by Gasteiger charge is 2.49. The van der Waals surface area contributed by atoms with Crippen LogP contribution in [0.1, 0.15) is 6.42 Å². The summed E-state index contributed by atoms with van der Waals surface area (Å²) in [5.74, 6) is -0.477. The molecule has 0 bridgehead atoms. The quantitative estimate of drug-likeness (QED) is 0.360. The minimum Gasteiger partial charge on any atom is -0.302 e. The van der Waals surface area contributed by atoms with Crippen molar-refractivity contribution >= 4 is 37.2 Å². The van der Waals surface area contributed by atoms with E-state index in [1.807, 2.05) is 0 Å². The Balaban J connectivity index is 2.74. The van der Waals surface area contributed by atoms with Crippen molar-refractivity contribution in [1.82, 2.24) is 0 Å². The van der Waals surface area contributed by atoms with Crippen LogP contribution in [0.25, 0.3) is 0 Å². The van der Waals surface area contributed by atoms with Crippen molar-refractivity contribution in [3.63, 3.8) is 0 Å². The van der Waals surface area contributed by atoms with E-state index in [2.05, 4.69) is 0 Å². The van der Waals surface area contributed by atoms with Crippen LogP contribution in [0.4, 0.5) is 0 Å². The monoisotopic (exact) mass is 110 g/mol. The van der Waals surface area contributed by atoms with E-state index in [0.29, 0.717) is 0 Å². The maximum Gasteiger partial charge on any atom is 0.111 e. The maximum atomic E-state index is 10.7. The van der Waals surface area contributed by atoms with Crippen LogP contribution < -0.4 is 0 Å². The Morgan fingerprint density at radius 1 is 1.11 bits per heavy atom. The van der Waals surface area contributed by atoms with Crippen LogP contribution in [0.5, 0.6) is 0 Å². The van der Waals surface area contributed by atoms with Crippen molar-refractivity contribution in [3.05, 3.63) is 0 Å². The molecule has 0 spiro atoms. The van der Waals surface area contributed by atoms with Crippen LogP contribution in [0.2, 0.25) is 10.4 Å². The third-order valence-electron chi connectivity index (χ3n) is 1.43. The summed E-state index contributed by atoms with van der Waals surface area (Å²) >= 11 is 0. The molecule has 1 rings (SSSR count). The van der Waals surface area contributed by atoms with Gasteiger partial charge in [-0.2, -0.15) is 0 Å². The molecule has 5 heteroatoms. The van der Waals surface area contributed by atoms with Gasteiger partial charge in [0.1, 0.15) is 5.78 Å². The van der Waals surface area contributed by atoms with Gasteiger partial charge in [0, 0.05) is 0 Å². The zero-order valence-corrected chi connectivity index (χ0v) is 4.92. The molecule has 0 aromatic heterocycles. The van der Waals surface area contributed by atoms with E-state index in [1.165, 1.54) is 0 Å². The summed E-state index contributed by atoms with van der Waals surface area (Å²) in [6.07, 6.45) is 0.152. The lowest BCUT2D eigenvalue weighted by atomic mass is 9.26. The van der Waals surface area contributed by atoms with E-state index in [4.69, 9.17) is 31.4 Å². The molecule has 0 N–H and O–H groups in total. The first-order chi connectivity index (χ1) is 3.86. The molecule has 0 aliphatic heterocycles. The van der Waals surface area contributed by atoms with Crippen LogP contribution in [0.15, 0.2) is 0 Å². The molecule has 1 saturated carbocycles. The number of carbonyl (C=O) groups is 1. The van der Waals surface area contributed by atoms with Gasteiger partial charge < -0.3 is 4.79 Å². The number of hydrogen-bond acceptors (Lipinski definition) is 1. The summed E-state index contributed by atoms with van der Waals surface area (Å²) in [6.45, 7) is 0. The maximum absolute atomic E-state index is 10.7. The molecule has 1 aliphatic carbocycles. The van der Waals surface area contributed by atoms with Gasteiger partial charge in [-0.3, -0.25) is 0 Å². The van der Waals surface area contributed by atoms with Crippen molar-refractivity contribution < 1.29 is 4.79 Å². The van der Waals surface area contributed by atoms with E-state index in [9.17, 15) is 4.79 Å². The predicted molar refractivity (Wildman–Crippen MR) is 38.0 cm³/mol. The Bertz CT molecular complexity index is 146. The van der Waals surface area contributed by atoms with Crippen LogP contribution >= 0.6 is 0 Å². The van der Waals surface area contributed by atoms with Gasteiger partial charge in [0.25, 0.3) is 0 Å². The lowest BCUT2D eigenvalue weighted by Gasteiger charge is -2.49. The fourth-order valence-corrected chi connectivity index (χ4v) is 0.971. The Kier molecular flexibility index (Phi) is 1.17. The first-order valence-corrected chi connectivity index (χ1v) is 2.57. The van der Waals surface area contributed by atoms with Gasteiger partial charge in [-0.1, -0.05) is 6.42 Å². The van der Waals surface area contributed by atoms with Gasteiger partial charge in [0.05, 0.1) is 31.4 Å². The molecular formula is C4H2B4O. The zero-order valence-electron chi connectivity index (χ0n) is 4.92. The van der Waals surface area contributed by atoms with Gasteiger partial charge >= 0.3 is 0 Å². The number of Topliss-reactive ketones (excluding diaryl/α,β-unsaturated/α-hetero) is 1. The van der Waals surface area contributed by atoms with Crippen molar-refractivity contribution in [2.24, 2.45) is 0 Å². The molecule has 8 radical (unpaired) electrons. The minimum atomic E-state index is -1.27. The number of ketones is 1. The molecule has 36 valence electrons. The minimum absolute atomic E-state index is 0.152. The molecule has 1 nitrogen and oxygen atoms in total. The summed E-state index contributed by atoms with van der Waals surface area (Å²) in [4.78, 5) is 10.7. The second-order valence-corrected chi connectivity index (χ2v) is 2.59. The summed E-state index contributed by atoms with van der Waals surface area (Å²) in [5, 5.41) is -2.55. The summed E-state index contributed by atoms with van der Waals surface area (Å²) in [5.41, 5.74) is 0. The highest BCUT2D eigenvalue weighted by Crippen LogP contribution is 2.52. The Morgan fingerprint density at radius 2 is 1.44 bits per heavy atom. The average Bonchev–Trinajstić information content (AvgIpc) is 1.63. The van der Waals surface area contributed by atoms with Crippen LogP contribution in [-0.2, 0) is 4.79 Å². The standard InChI is InChI=1S/C4H2B4O/c5-3(6)1-4(7,8)2(3)9/h1H2. The SMILES string of the molecule is [B]C1([B])CC([B])([B])C1=O. The summed E-state index contributed by atoms with van der Waals surface area (Å²) in [7, 11) is 20.8. The highest BCUT2D eigenvalue weighted by molar-refractivity contribution is 6.66. The van der Waals surface area contributed by atoms with Crippen LogP contribution in [0, 0.1) is 0 Å². The number of rotatable bonds is 0. The van der Waals surface area contributed by atoms with Gasteiger partial charge in [0.2, 0.25) is 0 Å². The molecule has 9 heavy (non-hydrogen) atoms. The fourth-order valence-electron chi connectivity index (χ4n) is 0.971. The fraction of sp³-hybridized carbons (Fsp3) is 0.750. The molecule has 0 aromatic rings. The topological polar surface area (TPSA) is 17.1 Å². The number of carbonyl (C=O) groups excluding carboxylic acids is 1. The summed E-state index contributed by atoms with van der Waals surface area (Å²) in [6, 6.07) is 0. The first-order valence-electron chi connectivity index (χ1n) is 2.57. The summed E-state index contributed by atoms with van der Waals surface area (Å²) < 4.78 is 0. The molecule has 0 unspecified atom stereocenters. The lowest BCUT2D eigenvalue weighted by molar-refractivity contribution is -0.126. The lowest BCUT2D eigenvalue weighted by Crippen LogP contribution is -2.49. The van der Waals surface area contributed by atoms with E-state index < -0.39 is 16.2 Å². The molecular weight excluding hydrogens is 107 g/mol. The third-order valence-corrected chi connectivity index (χ3v) is 1.43. The largest absolute Gasteiger partial charge is 0.302 e. The van der Waals surface area contributed by atoms with Gasteiger partial charge in [-0.05, 0) is 10.4 Å². The van der Waals surface area contributed by atoms with Crippen molar-refractivity contribution in [1.29, 1.82) is 0 Å². The second kappa shape index (κ2) is 1.50. The van der Waals surface area contributed by atoms with E-state index in [-0.39, 0.29) is 6.42 Å². The van der Waals surface area contributed by atoms with Crippen LogP contribution in [0.3, 0.4) is 0 Å². The Morgan fingerprint density at radius 3 is 1.44 bits per heavy atom. The molecule has 0 saturated heterocycles. The Hall–Kier alpha value is -0.0703. The first kappa shape index (κ1) is 7.04. The van der Waals surface area contributed by atoms with E-state index in [0.717, 1.165) is 0 Å². The van der Waals surface area contributed by atoms with Gasteiger partial charge in [-0.25, -0.2) is 0 Å². The smallest absolute Gasteiger partial charge is 0.111 e. The van der Waals surface area contributed by atoms with E-state index >= 15 is 0 Å². The zero-order chi connectivity index (χ0) is 7.28. The third kappa shape index (κ3) is 0.867. The number of hydrogen-bond donors (Lipinski definition) is 0. The predicted octanol–water partition coefficient (Wildman–Crippen LogP) is -1.13. The molecule has 1 fully saturated rings. The van der Waals surface area contributed by atoms with E-state index in [1.54, 1.807) is 0 Å². The second-order valence-electron chi connectivity index (χ2n) is 2.59. The highest BCUT2D eigenvalue weighted by atomic mass is 16.1. The van der Waals surface area contributed by atoms with Crippen molar-refractivity contribution in [2.45, 2.75) is 16.8 Å². The molecule has 0 heterocycles. The molecule has 1 aliphatic rings. The normalized spacial score (nSPS) is 29.1. The molecule has 0 aromatic carbocycles. The van der Waals surface area contributed by atoms with Gasteiger partial charge in [-0.15, -0.1) is 0 Å². The molecule has 0 atom stereocenters. The average molecular weight is 109 g/mol. The van der Waals surface area contributed by atoms with Crippen LogP contribution in [-0.4, -0.2) is 37.2 Å².